The normalized spacial score (nSPS) is 23.2. The summed E-state index contributed by atoms with van der Waals surface area (Å²) in [5.74, 6) is 7.72. The molecule has 27 heteroatoms. The minimum atomic E-state index is 0.107. The molecule has 0 amide bonds. The molecular formula is C85H105N23O4. The molecule has 12 aromatic rings. The zero-order valence-electron chi connectivity index (χ0n) is 65.6. The van der Waals surface area contributed by atoms with Gasteiger partial charge in [0, 0.05) is 170 Å². The number of imidazole rings is 1. The first kappa shape index (κ1) is 74.2. The van der Waals surface area contributed by atoms with E-state index in [1.807, 2.05) is 91.8 Å². The van der Waals surface area contributed by atoms with Crippen LogP contribution in [0.4, 0.5) is 23.3 Å². The number of aryl methyl sites for hydroxylation is 4. The maximum atomic E-state index is 6.49. The van der Waals surface area contributed by atoms with Gasteiger partial charge in [-0.3, -0.25) is 19.6 Å². The van der Waals surface area contributed by atoms with Gasteiger partial charge in [0.05, 0.1) is 36.5 Å². The van der Waals surface area contributed by atoms with Crippen LogP contribution in [0.2, 0.25) is 0 Å². The highest BCUT2D eigenvalue weighted by molar-refractivity contribution is 5.83. The van der Waals surface area contributed by atoms with E-state index in [2.05, 4.69) is 205 Å². The van der Waals surface area contributed by atoms with E-state index < -0.39 is 0 Å². The van der Waals surface area contributed by atoms with Crippen molar-refractivity contribution >= 4 is 45.9 Å². The van der Waals surface area contributed by atoms with Crippen LogP contribution in [0.5, 0.6) is 23.0 Å². The zero-order chi connectivity index (χ0) is 76.3. The molecule has 0 spiro atoms. The first-order valence-electron chi connectivity index (χ1n) is 40.2. The predicted molar refractivity (Wildman–Crippen MR) is 441 cm³/mol. The Hall–Kier alpha value is -10.5. The molecule has 8 aliphatic rings. The summed E-state index contributed by atoms with van der Waals surface area (Å²) in [7, 11) is 0. The topological polar surface area (TPSA) is 255 Å². The fourth-order valence-electron chi connectivity index (χ4n) is 16.7. The van der Waals surface area contributed by atoms with Crippen molar-refractivity contribution in [2.45, 2.75) is 111 Å². The summed E-state index contributed by atoms with van der Waals surface area (Å²) in [6.07, 6.45) is 16.1. The standard InChI is InChI=1S/C23H30N6O.2C21H26N6O.C20H23N5O/c1-15(2)21-14-28-9-7-24-22-6-8-29-23(27-22)20(12-26-29)19-10-17(5-4-16(19)3)30-18(13-28)11-25-21;1-14-3-4-17-9-18(14)19-11-24-27-7-5-20(25-21(19)27)22-6-8-26-12-15(2)23-10-16(26)13-28-17;1-14-3-4-16-9-18(14)19-11-24-27-7-5-20(25-21(19)27)22-6-8-26-12-15(2)23-10-17(13-26)28-16;1-14-4-5-16-11-17(14)18-12-22-20-7-6-19(23-25(18)20)21-8-10-24-9-2-3-15(24)13-26-16/h4-6,8,10,12,15,18,21,25H,7,9,11,13-14H2,1-3H3,(H,24,27);3-5,7,9,11,15-16,23H,6,8,10,12-13H2,1-2H3,(H,22,25);3-5,7,9,11,15,17,23H,6,8,10,12-13H2,1-2H3,(H,22,25);4-7,11-12,15H,2-3,8-10,13H2,1H3,(H,21,23)/t18-,21-;15-,16-;15-,17+;15-/m1000/s1. The Bertz CT molecular complexity index is 5290. The molecule has 9 atom stereocenters. The third-order valence-electron chi connectivity index (χ3n) is 23.1. The van der Waals surface area contributed by atoms with Crippen LogP contribution in [0.15, 0.2) is 147 Å². The van der Waals surface area contributed by atoms with E-state index in [1.165, 1.54) is 35.1 Å². The first-order valence-corrected chi connectivity index (χ1v) is 40.2. The number of hydrogen-bond donors (Lipinski definition) is 7. The number of anilines is 4. The molecule has 27 nitrogen and oxygen atoms in total. The molecule has 0 saturated carbocycles. The largest absolute Gasteiger partial charge is 0.492 e. The number of aromatic nitrogens is 12. The summed E-state index contributed by atoms with van der Waals surface area (Å²) in [6, 6.07) is 37.4. The fraction of sp³-hybridized carbons (Fsp3) is 0.435. The SMILES string of the molecule is Cc1ccc2cc1-c1cnc3ccc(nn13)NCCN1CCC[C@H]1CO2.Cc1ccc2cc1-c1cnn3ccc(nc13)NCCN1C[C@@H](CN[C@@H](C(C)C)C1)O2.Cc1ccc2cc1-c1cnn3ccc(nc13)NCCN1C[C@@H](CN[C@@H](C)C1)O2.Cc1ccc2cc1-c1cnn3ccc(nc13)NCCN1C[C@H](C)NC[C@H]1CO2. The monoisotopic (exact) mass is 1510 g/mol. The summed E-state index contributed by atoms with van der Waals surface area (Å²) in [5, 5.41) is 43.1. The summed E-state index contributed by atoms with van der Waals surface area (Å²) in [5.41, 5.74) is 16.7. The van der Waals surface area contributed by atoms with E-state index in [0.29, 0.717) is 42.7 Å². The van der Waals surface area contributed by atoms with Gasteiger partial charge in [-0.15, -0.1) is 5.10 Å². The molecular weight excluding hydrogens is 1410 g/mol. The Kier molecular flexibility index (Phi) is 21.9. The Balaban J connectivity index is 0.000000108. The minimum Gasteiger partial charge on any atom is -0.492 e. The molecule has 4 aromatic carbocycles. The summed E-state index contributed by atoms with van der Waals surface area (Å²) in [6.45, 7) is 34.9. The van der Waals surface area contributed by atoms with Gasteiger partial charge in [-0.25, -0.2) is 38.0 Å². The van der Waals surface area contributed by atoms with Crippen molar-refractivity contribution < 1.29 is 18.9 Å². The van der Waals surface area contributed by atoms with Crippen molar-refractivity contribution in [2.75, 3.05) is 146 Å². The maximum Gasteiger partial charge on any atom is 0.165 e. The molecule has 0 radical (unpaired) electrons. The number of hydrogen-bond acceptors (Lipinski definition) is 23. The van der Waals surface area contributed by atoms with Crippen LogP contribution in [0.25, 0.3) is 67.2 Å². The van der Waals surface area contributed by atoms with Gasteiger partial charge in [-0.05, 0) is 185 Å². The summed E-state index contributed by atoms with van der Waals surface area (Å²) < 4.78 is 32.7. The molecule has 8 aliphatic heterocycles. The number of nitrogens with zero attached hydrogens (tertiary/aromatic N) is 16. The van der Waals surface area contributed by atoms with Gasteiger partial charge in [-0.1, -0.05) is 38.1 Å². The Morgan fingerprint density at radius 1 is 0.429 bits per heavy atom. The van der Waals surface area contributed by atoms with Gasteiger partial charge < -0.3 is 56.2 Å². The number of nitrogens with one attached hydrogen (secondary N) is 7. The minimum absolute atomic E-state index is 0.107. The second-order valence-electron chi connectivity index (χ2n) is 31.6. The van der Waals surface area contributed by atoms with Gasteiger partial charge in [0.1, 0.15) is 71.7 Å². The third-order valence-corrected chi connectivity index (χ3v) is 23.1. The lowest BCUT2D eigenvalue weighted by Gasteiger charge is -2.39. The van der Waals surface area contributed by atoms with E-state index >= 15 is 0 Å². The molecule has 584 valence electrons. The Morgan fingerprint density at radius 3 is 1.47 bits per heavy atom. The molecule has 0 aliphatic carbocycles. The second kappa shape index (κ2) is 33.0. The van der Waals surface area contributed by atoms with Crippen molar-refractivity contribution in [1.82, 2.24) is 93.9 Å². The van der Waals surface area contributed by atoms with Crippen molar-refractivity contribution in [3.8, 4) is 67.6 Å². The Labute approximate surface area is 654 Å². The maximum absolute atomic E-state index is 6.49. The average molecular weight is 1510 g/mol. The van der Waals surface area contributed by atoms with Gasteiger partial charge in [0.2, 0.25) is 0 Å². The lowest BCUT2D eigenvalue weighted by Crippen LogP contribution is -2.58. The van der Waals surface area contributed by atoms with Gasteiger partial charge in [0.25, 0.3) is 0 Å². The van der Waals surface area contributed by atoms with Crippen molar-refractivity contribution in [3.63, 3.8) is 0 Å². The van der Waals surface area contributed by atoms with E-state index in [1.54, 1.807) is 0 Å². The summed E-state index contributed by atoms with van der Waals surface area (Å²) >= 11 is 0. The van der Waals surface area contributed by atoms with Crippen LogP contribution in [0.1, 0.15) is 62.8 Å². The van der Waals surface area contributed by atoms with Crippen LogP contribution >= 0.6 is 0 Å². The molecule has 112 heavy (non-hydrogen) atoms. The molecule has 4 fully saturated rings. The highest BCUT2D eigenvalue weighted by Crippen LogP contribution is 2.36. The second-order valence-corrected chi connectivity index (χ2v) is 31.6. The van der Waals surface area contributed by atoms with Crippen LogP contribution in [-0.4, -0.2) is 245 Å². The molecule has 20 rings (SSSR count). The first-order chi connectivity index (χ1) is 54.7. The molecule has 7 N–H and O–H groups in total. The quantitative estimate of drug-likeness (QED) is 0.0807. The average Bonchev–Trinajstić information content (AvgIpc) is 1.64. The van der Waals surface area contributed by atoms with Crippen LogP contribution in [-0.2, 0) is 0 Å². The number of ether oxygens (including phenoxy) is 4. The highest BCUT2D eigenvalue weighted by atomic mass is 16.5. The molecule has 8 aromatic heterocycles. The summed E-state index contributed by atoms with van der Waals surface area (Å²) in [4.78, 5) is 29.0. The molecule has 20 bridgehead atoms. The lowest BCUT2D eigenvalue weighted by molar-refractivity contribution is 0.0966. The highest BCUT2D eigenvalue weighted by Gasteiger charge is 2.31. The van der Waals surface area contributed by atoms with E-state index in [0.717, 1.165) is 231 Å². The molecule has 2 unspecified atom stereocenters. The van der Waals surface area contributed by atoms with Crippen molar-refractivity contribution in [3.05, 3.63) is 169 Å². The third kappa shape index (κ3) is 16.7. The van der Waals surface area contributed by atoms with Crippen molar-refractivity contribution in [1.29, 1.82) is 0 Å². The van der Waals surface area contributed by atoms with Crippen molar-refractivity contribution in [2.24, 2.45) is 5.92 Å². The van der Waals surface area contributed by atoms with Gasteiger partial charge in [0.15, 0.2) is 22.6 Å². The number of fused-ring (bicyclic) bond motifs is 22. The van der Waals surface area contributed by atoms with E-state index in [-0.39, 0.29) is 12.2 Å². The van der Waals surface area contributed by atoms with E-state index in [4.69, 9.17) is 39.0 Å². The Morgan fingerprint density at radius 2 is 0.902 bits per heavy atom. The predicted octanol–water partition coefficient (Wildman–Crippen LogP) is 10.1. The molecule has 4 saturated heterocycles. The van der Waals surface area contributed by atoms with Crippen LogP contribution < -0.4 is 56.2 Å². The number of benzene rings is 4. The van der Waals surface area contributed by atoms with Gasteiger partial charge in [-0.2, -0.15) is 15.3 Å². The van der Waals surface area contributed by atoms with Crippen LogP contribution in [0.3, 0.4) is 0 Å². The lowest BCUT2D eigenvalue weighted by atomic mass is 10.0. The van der Waals surface area contributed by atoms with Crippen LogP contribution in [0, 0.1) is 33.6 Å². The zero-order valence-corrected chi connectivity index (χ0v) is 65.6. The molecule has 16 heterocycles. The number of piperazine rings is 1. The fourth-order valence-corrected chi connectivity index (χ4v) is 16.7. The smallest absolute Gasteiger partial charge is 0.165 e. The van der Waals surface area contributed by atoms with Gasteiger partial charge >= 0.3 is 0 Å². The number of rotatable bonds is 1. The van der Waals surface area contributed by atoms with E-state index in [9.17, 15) is 0 Å².